The zero-order valence-corrected chi connectivity index (χ0v) is 15.6. The van der Waals surface area contributed by atoms with E-state index in [2.05, 4.69) is 0 Å². The Balaban J connectivity index is 0.00000312. The number of amides is 1. The number of hydrogen-bond donors (Lipinski definition) is 1. The number of carbonyl (C=O) groups is 1. The summed E-state index contributed by atoms with van der Waals surface area (Å²) in [5.74, 6) is 0.629. The Kier molecular flexibility index (Phi) is 10.5. The van der Waals surface area contributed by atoms with Crippen LogP contribution in [0.15, 0.2) is 24.3 Å². The van der Waals surface area contributed by atoms with Gasteiger partial charge in [-0.2, -0.15) is 0 Å². The van der Waals surface area contributed by atoms with E-state index in [1.165, 1.54) is 0 Å². The number of nitrogens with two attached hydrogens (primary N) is 1. The Morgan fingerprint density at radius 2 is 1.92 bits per heavy atom. The second-order valence-corrected chi connectivity index (χ2v) is 5.84. The predicted molar refractivity (Wildman–Crippen MR) is 99.6 cm³/mol. The molecule has 1 amide bonds. The Morgan fingerprint density at radius 3 is 2.60 bits per heavy atom. The summed E-state index contributed by atoms with van der Waals surface area (Å²) in [7, 11) is 1.63. The van der Waals surface area contributed by atoms with Crippen molar-refractivity contribution in [3.05, 3.63) is 29.8 Å². The Morgan fingerprint density at radius 1 is 1.20 bits per heavy atom. The van der Waals surface area contributed by atoms with Gasteiger partial charge in [0.1, 0.15) is 12.4 Å². The third kappa shape index (κ3) is 6.82. The SMILES string of the molecule is COCCOc1ccccc1C(=O)N1CCC(OCCCN)CC1.Cl. The molecule has 1 aromatic rings. The van der Waals surface area contributed by atoms with Gasteiger partial charge in [-0.15, -0.1) is 12.4 Å². The molecule has 6 nitrogen and oxygen atoms in total. The van der Waals surface area contributed by atoms with E-state index in [1.54, 1.807) is 7.11 Å². The molecular formula is C18H29ClN2O4. The van der Waals surface area contributed by atoms with Crippen molar-refractivity contribution in [3.8, 4) is 5.75 Å². The maximum atomic E-state index is 12.8. The van der Waals surface area contributed by atoms with Gasteiger partial charge in [-0.1, -0.05) is 12.1 Å². The third-order valence-corrected chi connectivity index (χ3v) is 4.09. The number of likely N-dealkylation sites (tertiary alicyclic amines) is 1. The molecule has 0 atom stereocenters. The zero-order valence-electron chi connectivity index (χ0n) is 14.8. The highest BCUT2D eigenvalue weighted by molar-refractivity contribution is 5.97. The minimum atomic E-state index is 0. The van der Waals surface area contributed by atoms with Gasteiger partial charge in [0.25, 0.3) is 5.91 Å². The van der Waals surface area contributed by atoms with Crippen LogP contribution in [0.2, 0.25) is 0 Å². The average Bonchev–Trinajstić information content (AvgIpc) is 2.63. The highest BCUT2D eigenvalue weighted by Crippen LogP contribution is 2.22. The molecule has 25 heavy (non-hydrogen) atoms. The standard InChI is InChI=1S/C18H28N2O4.ClH/c1-22-13-14-24-17-6-3-2-5-16(17)18(21)20-10-7-15(8-11-20)23-12-4-9-19;/h2-3,5-6,15H,4,7-14,19H2,1H3;1H. The van der Waals surface area contributed by atoms with Crippen molar-refractivity contribution in [1.82, 2.24) is 4.90 Å². The summed E-state index contributed by atoms with van der Waals surface area (Å²) in [6, 6.07) is 7.37. The largest absolute Gasteiger partial charge is 0.490 e. The molecule has 0 aliphatic carbocycles. The molecule has 0 spiro atoms. The summed E-state index contributed by atoms with van der Waals surface area (Å²) < 4.78 is 16.4. The molecule has 1 saturated heterocycles. The van der Waals surface area contributed by atoms with Crippen LogP contribution >= 0.6 is 12.4 Å². The maximum absolute atomic E-state index is 12.8. The molecule has 0 radical (unpaired) electrons. The van der Waals surface area contributed by atoms with Crippen LogP contribution in [0, 0.1) is 0 Å². The normalized spacial score (nSPS) is 14.9. The Labute approximate surface area is 156 Å². The zero-order chi connectivity index (χ0) is 17.2. The molecule has 1 fully saturated rings. The fourth-order valence-electron chi connectivity index (χ4n) is 2.73. The summed E-state index contributed by atoms with van der Waals surface area (Å²) in [6.07, 6.45) is 2.84. The number of ether oxygens (including phenoxy) is 3. The number of benzene rings is 1. The van der Waals surface area contributed by atoms with Gasteiger partial charge in [0.05, 0.1) is 18.3 Å². The van der Waals surface area contributed by atoms with Gasteiger partial charge in [0, 0.05) is 26.8 Å². The second-order valence-electron chi connectivity index (χ2n) is 5.84. The van der Waals surface area contributed by atoms with Crippen molar-refractivity contribution in [3.63, 3.8) is 0 Å². The number of piperidine rings is 1. The van der Waals surface area contributed by atoms with E-state index in [-0.39, 0.29) is 24.4 Å². The summed E-state index contributed by atoms with van der Waals surface area (Å²) in [5, 5.41) is 0. The maximum Gasteiger partial charge on any atom is 0.257 e. The minimum Gasteiger partial charge on any atom is -0.490 e. The molecule has 2 rings (SSSR count). The van der Waals surface area contributed by atoms with Crippen LogP contribution in [0.5, 0.6) is 5.75 Å². The molecule has 0 saturated carbocycles. The van der Waals surface area contributed by atoms with Gasteiger partial charge in [-0.3, -0.25) is 4.79 Å². The molecule has 1 heterocycles. The second kappa shape index (κ2) is 12.1. The molecule has 7 heteroatoms. The molecule has 142 valence electrons. The lowest BCUT2D eigenvalue weighted by atomic mass is 10.1. The van der Waals surface area contributed by atoms with Crippen LogP contribution in [0.3, 0.4) is 0 Å². The van der Waals surface area contributed by atoms with Crippen molar-refractivity contribution in [2.45, 2.75) is 25.4 Å². The summed E-state index contributed by atoms with van der Waals surface area (Å²) in [6.45, 7) is 3.69. The highest BCUT2D eigenvalue weighted by atomic mass is 35.5. The molecule has 0 bridgehead atoms. The van der Waals surface area contributed by atoms with Crippen molar-refractivity contribution in [2.24, 2.45) is 5.73 Å². The molecule has 2 N–H and O–H groups in total. The fourth-order valence-corrected chi connectivity index (χ4v) is 2.73. The molecule has 1 aromatic carbocycles. The summed E-state index contributed by atoms with van der Waals surface area (Å²) >= 11 is 0. The third-order valence-electron chi connectivity index (χ3n) is 4.09. The van der Waals surface area contributed by atoms with Crippen molar-refractivity contribution in [2.75, 3.05) is 46.6 Å². The van der Waals surface area contributed by atoms with E-state index in [9.17, 15) is 4.79 Å². The first kappa shape index (κ1) is 21.7. The predicted octanol–water partition coefficient (Wildman–Crippen LogP) is 2.10. The Bertz CT molecular complexity index is 508. The first-order valence-corrected chi connectivity index (χ1v) is 8.58. The van der Waals surface area contributed by atoms with Gasteiger partial charge in [-0.25, -0.2) is 0 Å². The first-order valence-electron chi connectivity index (χ1n) is 8.58. The topological polar surface area (TPSA) is 74.0 Å². The van der Waals surface area contributed by atoms with Gasteiger partial charge in [-0.05, 0) is 37.9 Å². The number of rotatable bonds is 9. The highest BCUT2D eigenvalue weighted by Gasteiger charge is 2.25. The van der Waals surface area contributed by atoms with E-state index in [1.807, 2.05) is 29.2 Å². The van der Waals surface area contributed by atoms with Crippen molar-refractivity contribution >= 4 is 18.3 Å². The summed E-state index contributed by atoms with van der Waals surface area (Å²) in [4.78, 5) is 14.7. The van der Waals surface area contributed by atoms with E-state index in [0.29, 0.717) is 50.8 Å². The van der Waals surface area contributed by atoms with E-state index in [4.69, 9.17) is 19.9 Å². The van der Waals surface area contributed by atoms with Crippen molar-refractivity contribution in [1.29, 1.82) is 0 Å². The lowest BCUT2D eigenvalue weighted by Crippen LogP contribution is -2.41. The van der Waals surface area contributed by atoms with Crippen LogP contribution < -0.4 is 10.5 Å². The smallest absolute Gasteiger partial charge is 0.257 e. The van der Waals surface area contributed by atoms with Crippen LogP contribution in [0.25, 0.3) is 0 Å². The molecule has 1 aliphatic rings. The fraction of sp³-hybridized carbons (Fsp3) is 0.611. The average molecular weight is 373 g/mol. The van der Waals surface area contributed by atoms with Gasteiger partial charge in [0.2, 0.25) is 0 Å². The molecule has 1 aliphatic heterocycles. The van der Waals surface area contributed by atoms with Crippen LogP contribution in [0.1, 0.15) is 29.6 Å². The van der Waals surface area contributed by atoms with E-state index < -0.39 is 0 Å². The van der Waals surface area contributed by atoms with Gasteiger partial charge in [0.15, 0.2) is 0 Å². The van der Waals surface area contributed by atoms with E-state index in [0.717, 1.165) is 19.3 Å². The Hall–Kier alpha value is -1.34. The first-order chi connectivity index (χ1) is 11.8. The van der Waals surface area contributed by atoms with Crippen LogP contribution in [-0.4, -0.2) is 63.5 Å². The minimum absolute atomic E-state index is 0. The van der Waals surface area contributed by atoms with Crippen molar-refractivity contribution < 1.29 is 19.0 Å². The molecule has 0 aromatic heterocycles. The number of halogens is 1. The number of hydrogen-bond acceptors (Lipinski definition) is 5. The molecule has 0 unspecified atom stereocenters. The number of carbonyl (C=O) groups excluding carboxylic acids is 1. The number of para-hydroxylation sites is 1. The quantitative estimate of drug-likeness (QED) is 0.672. The number of nitrogens with zero attached hydrogens (tertiary/aromatic N) is 1. The summed E-state index contributed by atoms with van der Waals surface area (Å²) in [5.41, 5.74) is 6.08. The van der Waals surface area contributed by atoms with Crippen LogP contribution in [-0.2, 0) is 9.47 Å². The monoisotopic (exact) mass is 372 g/mol. The number of methoxy groups -OCH3 is 1. The van der Waals surface area contributed by atoms with Gasteiger partial charge < -0.3 is 24.8 Å². The van der Waals surface area contributed by atoms with Gasteiger partial charge >= 0.3 is 0 Å². The van der Waals surface area contributed by atoms with Crippen LogP contribution in [0.4, 0.5) is 0 Å². The lowest BCUT2D eigenvalue weighted by Gasteiger charge is -2.32. The lowest BCUT2D eigenvalue weighted by molar-refractivity contribution is 0.00834. The van der Waals surface area contributed by atoms with E-state index >= 15 is 0 Å². The molecular weight excluding hydrogens is 344 g/mol.